The Morgan fingerprint density at radius 3 is 2.00 bits per heavy atom. The molecular weight excluding hydrogens is 241 g/mol. The number of benzene rings is 1. The Morgan fingerprint density at radius 1 is 0.938 bits per heavy atom. The minimum absolute atomic E-state index is 0. The van der Waals surface area contributed by atoms with Crippen molar-refractivity contribution in [3.05, 3.63) is 35.9 Å². The van der Waals surface area contributed by atoms with Gasteiger partial charge in [-0.1, -0.05) is 49.6 Å². The number of nitriles is 1. The van der Waals surface area contributed by atoms with Crippen LogP contribution >= 0.6 is 24.8 Å². The van der Waals surface area contributed by atoms with Gasteiger partial charge >= 0.3 is 0 Å². The quantitative estimate of drug-likeness (QED) is 0.738. The first-order valence-electron chi connectivity index (χ1n) is 5.34. The van der Waals surface area contributed by atoms with Crippen molar-refractivity contribution in [2.24, 2.45) is 0 Å². The molecule has 0 aliphatic heterocycles. The van der Waals surface area contributed by atoms with Crippen LogP contribution in [-0.2, 0) is 5.41 Å². The maximum atomic E-state index is 9.34. The van der Waals surface area contributed by atoms with Crippen molar-refractivity contribution in [2.75, 3.05) is 0 Å². The standard InChI is InChI=1S/C13H15N.2ClH/c14-11-13(9-5-2-6-10-13)12-7-3-1-4-8-12;;/h1,3-4,7-8H,2,5-6,9-10H2;2*1H. The van der Waals surface area contributed by atoms with Crippen molar-refractivity contribution in [3.63, 3.8) is 0 Å². The third kappa shape index (κ3) is 2.90. The van der Waals surface area contributed by atoms with Crippen LogP contribution in [-0.4, -0.2) is 0 Å². The summed E-state index contributed by atoms with van der Waals surface area (Å²) in [5.74, 6) is 0. The first-order valence-corrected chi connectivity index (χ1v) is 5.34. The molecule has 0 saturated heterocycles. The summed E-state index contributed by atoms with van der Waals surface area (Å²) in [6.07, 6.45) is 5.75. The van der Waals surface area contributed by atoms with Gasteiger partial charge < -0.3 is 0 Å². The first kappa shape index (κ1) is 15.3. The van der Waals surface area contributed by atoms with Gasteiger partial charge in [0.2, 0.25) is 0 Å². The highest BCUT2D eigenvalue weighted by Crippen LogP contribution is 2.38. The summed E-state index contributed by atoms with van der Waals surface area (Å²) in [5.41, 5.74) is 1.03. The van der Waals surface area contributed by atoms with Gasteiger partial charge in [0.1, 0.15) is 0 Å². The van der Waals surface area contributed by atoms with Gasteiger partial charge in [-0.05, 0) is 18.4 Å². The summed E-state index contributed by atoms with van der Waals surface area (Å²) in [7, 11) is 0. The smallest absolute Gasteiger partial charge is 0.0822 e. The molecule has 16 heavy (non-hydrogen) atoms. The fourth-order valence-electron chi connectivity index (χ4n) is 2.38. The molecule has 0 unspecified atom stereocenters. The van der Waals surface area contributed by atoms with Crippen LogP contribution in [0.3, 0.4) is 0 Å². The molecule has 1 aromatic carbocycles. The van der Waals surface area contributed by atoms with Gasteiger partial charge in [0.05, 0.1) is 11.5 Å². The molecule has 0 bridgehead atoms. The molecule has 0 radical (unpaired) electrons. The number of hydrogen-bond donors (Lipinski definition) is 0. The van der Waals surface area contributed by atoms with Crippen molar-refractivity contribution in [1.29, 1.82) is 5.26 Å². The SMILES string of the molecule is Cl.Cl.N#CC1(c2ccccc2)CCCCC1. The summed E-state index contributed by atoms with van der Waals surface area (Å²) in [4.78, 5) is 0. The van der Waals surface area contributed by atoms with E-state index in [1.807, 2.05) is 18.2 Å². The van der Waals surface area contributed by atoms with Gasteiger partial charge in [-0.25, -0.2) is 0 Å². The number of rotatable bonds is 1. The Kier molecular flexibility index (Phi) is 6.48. The molecule has 88 valence electrons. The van der Waals surface area contributed by atoms with Crippen LogP contribution in [0.4, 0.5) is 0 Å². The summed E-state index contributed by atoms with van der Waals surface area (Å²) in [5, 5.41) is 9.34. The fourth-order valence-corrected chi connectivity index (χ4v) is 2.38. The van der Waals surface area contributed by atoms with Gasteiger partial charge in [-0.2, -0.15) is 5.26 Å². The number of hydrogen-bond acceptors (Lipinski definition) is 1. The van der Waals surface area contributed by atoms with E-state index in [0.29, 0.717) is 0 Å². The summed E-state index contributed by atoms with van der Waals surface area (Å²) in [6, 6.07) is 12.8. The van der Waals surface area contributed by atoms with E-state index in [1.165, 1.54) is 24.8 Å². The zero-order valence-corrected chi connectivity index (χ0v) is 10.8. The molecule has 1 nitrogen and oxygen atoms in total. The Hall–Kier alpha value is -0.710. The maximum absolute atomic E-state index is 9.34. The van der Waals surface area contributed by atoms with Gasteiger partial charge in [0, 0.05) is 0 Å². The summed E-state index contributed by atoms with van der Waals surface area (Å²) >= 11 is 0. The molecule has 2 rings (SSSR count). The third-order valence-corrected chi connectivity index (χ3v) is 3.25. The van der Waals surface area contributed by atoms with Crippen LogP contribution in [0.2, 0.25) is 0 Å². The van der Waals surface area contributed by atoms with Crippen LogP contribution < -0.4 is 0 Å². The number of halogens is 2. The molecule has 0 aromatic heterocycles. The molecule has 1 aliphatic rings. The van der Waals surface area contributed by atoms with Crippen LogP contribution in [0.5, 0.6) is 0 Å². The Bertz CT molecular complexity index is 337. The molecule has 0 heterocycles. The normalized spacial score (nSPS) is 17.4. The van der Waals surface area contributed by atoms with Crippen molar-refractivity contribution in [3.8, 4) is 6.07 Å². The van der Waals surface area contributed by atoms with Crippen molar-refractivity contribution < 1.29 is 0 Å². The van der Waals surface area contributed by atoms with E-state index >= 15 is 0 Å². The minimum Gasteiger partial charge on any atom is -0.197 e. The molecule has 0 amide bonds. The maximum Gasteiger partial charge on any atom is 0.0822 e. The zero-order valence-electron chi connectivity index (χ0n) is 9.19. The summed E-state index contributed by atoms with van der Waals surface area (Å²) in [6.45, 7) is 0. The lowest BCUT2D eigenvalue weighted by atomic mass is 9.70. The van der Waals surface area contributed by atoms with E-state index < -0.39 is 0 Å². The Balaban J connectivity index is 0.00000112. The lowest BCUT2D eigenvalue weighted by molar-refractivity contribution is 0.366. The largest absolute Gasteiger partial charge is 0.197 e. The topological polar surface area (TPSA) is 23.8 Å². The number of nitrogens with zero attached hydrogens (tertiary/aromatic N) is 1. The predicted octanol–water partition coefficient (Wildman–Crippen LogP) is 4.26. The molecule has 3 heteroatoms. The Morgan fingerprint density at radius 2 is 1.50 bits per heavy atom. The van der Waals surface area contributed by atoms with E-state index in [2.05, 4.69) is 18.2 Å². The van der Waals surface area contributed by atoms with E-state index in [4.69, 9.17) is 0 Å². The lowest BCUT2D eigenvalue weighted by Gasteiger charge is -2.30. The first-order chi connectivity index (χ1) is 6.87. The second-order valence-electron chi connectivity index (χ2n) is 4.12. The molecule has 0 spiro atoms. The average Bonchev–Trinajstić information content (AvgIpc) is 2.31. The van der Waals surface area contributed by atoms with Crippen LogP contribution in [0.25, 0.3) is 0 Å². The molecule has 1 fully saturated rings. The lowest BCUT2D eigenvalue weighted by Crippen LogP contribution is -2.26. The van der Waals surface area contributed by atoms with Gasteiger partial charge in [-0.15, -0.1) is 24.8 Å². The van der Waals surface area contributed by atoms with Crippen molar-refractivity contribution >= 4 is 24.8 Å². The monoisotopic (exact) mass is 257 g/mol. The van der Waals surface area contributed by atoms with Gasteiger partial charge in [0.15, 0.2) is 0 Å². The van der Waals surface area contributed by atoms with E-state index in [0.717, 1.165) is 12.8 Å². The van der Waals surface area contributed by atoms with Crippen LogP contribution in [0.15, 0.2) is 30.3 Å². The van der Waals surface area contributed by atoms with E-state index in [9.17, 15) is 5.26 Å². The molecule has 1 aliphatic carbocycles. The van der Waals surface area contributed by atoms with Crippen molar-refractivity contribution in [2.45, 2.75) is 37.5 Å². The van der Waals surface area contributed by atoms with Crippen LogP contribution in [0, 0.1) is 11.3 Å². The molecule has 1 saturated carbocycles. The molecule has 0 N–H and O–H groups in total. The van der Waals surface area contributed by atoms with Crippen LogP contribution in [0.1, 0.15) is 37.7 Å². The zero-order chi connectivity index (χ0) is 9.86. The molecule has 0 atom stereocenters. The highest BCUT2D eigenvalue weighted by molar-refractivity contribution is 5.85. The van der Waals surface area contributed by atoms with E-state index in [1.54, 1.807) is 0 Å². The second-order valence-corrected chi connectivity index (χ2v) is 4.12. The summed E-state index contributed by atoms with van der Waals surface area (Å²) < 4.78 is 0. The fraction of sp³-hybridized carbons (Fsp3) is 0.462. The van der Waals surface area contributed by atoms with Gasteiger partial charge in [-0.3, -0.25) is 0 Å². The Labute approximate surface area is 110 Å². The van der Waals surface area contributed by atoms with Crippen molar-refractivity contribution in [1.82, 2.24) is 0 Å². The minimum atomic E-state index is -0.181. The second kappa shape index (κ2) is 6.78. The average molecular weight is 258 g/mol. The van der Waals surface area contributed by atoms with E-state index in [-0.39, 0.29) is 30.2 Å². The van der Waals surface area contributed by atoms with Gasteiger partial charge in [0.25, 0.3) is 0 Å². The molecular formula is C13H17Cl2N. The highest BCUT2D eigenvalue weighted by Gasteiger charge is 2.33. The third-order valence-electron chi connectivity index (χ3n) is 3.25. The predicted molar refractivity (Wildman–Crippen MR) is 71.3 cm³/mol. The highest BCUT2D eigenvalue weighted by atomic mass is 35.5. The molecule has 1 aromatic rings.